The van der Waals surface area contributed by atoms with E-state index in [4.69, 9.17) is 5.73 Å². The Morgan fingerprint density at radius 1 is 1.18 bits per heavy atom. The number of nitrogen functional groups attached to an aromatic ring is 1. The van der Waals surface area contributed by atoms with E-state index < -0.39 is 24.2 Å². The molecule has 1 aliphatic heterocycles. The molecule has 176 valence electrons. The van der Waals surface area contributed by atoms with E-state index in [0.29, 0.717) is 22.8 Å². The summed E-state index contributed by atoms with van der Waals surface area (Å²) in [5.41, 5.74) is 4.95. The van der Waals surface area contributed by atoms with Crippen LogP contribution in [-0.4, -0.2) is 53.3 Å². The highest BCUT2D eigenvalue weighted by atomic mass is 19.4. The number of carbonyl (C=O) groups excluding carboxylic acids is 1. The number of carbonyl (C=O) groups is 1. The van der Waals surface area contributed by atoms with Crippen LogP contribution in [0.5, 0.6) is 0 Å². The van der Waals surface area contributed by atoms with Gasteiger partial charge >= 0.3 is 12.2 Å². The topological polar surface area (TPSA) is 132 Å². The maximum absolute atomic E-state index is 14.3. The number of amides is 2. The minimum atomic E-state index is -4.67. The highest BCUT2D eigenvalue weighted by Gasteiger charge is 2.60. The van der Waals surface area contributed by atoms with Gasteiger partial charge in [-0.15, -0.1) is 4.80 Å². The molecule has 4 aromatic rings. The predicted molar refractivity (Wildman–Crippen MR) is 116 cm³/mol. The SMILES string of the molecule is Cc1cc(NC(=O)N2C[C@@](C)(C(F)(F)F)c3c2cnc2c(N)c(C)nn32)cnc1-n1nccn1. The maximum Gasteiger partial charge on any atom is 0.401 e. The number of hydrogen-bond donors (Lipinski definition) is 2. The van der Waals surface area contributed by atoms with Gasteiger partial charge in [0.15, 0.2) is 11.5 Å². The Labute approximate surface area is 190 Å². The van der Waals surface area contributed by atoms with Gasteiger partial charge in [0.1, 0.15) is 11.1 Å². The van der Waals surface area contributed by atoms with Gasteiger partial charge < -0.3 is 11.1 Å². The molecule has 5 heterocycles. The lowest BCUT2D eigenvalue weighted by Crippen LogP contribution is -2.46. The van der Waals surface area contributed by atoms with Crippen LogP contribution in [0, 0.1) is 13.8 Å². The van der Waals surface area contributed by atoms with Gasteiger partial charge in [0.05, 0.1) is 47.6 Å². The molecule has 1 aliphatic rings. The smallest absolute Gasteiger partial charge is 0.394 e. The first-order chi connectivity index (χ1) is 16.0. The van der Waals surface area contributed by atoms with E-state index in [2.05, 4.69) is 30.6 Å². The second-order valence-corrected chi connectivity index (χ2v) is 8.26. The van der Waals surface area contributed by atoms with E-state index in [1.807, 2.05) is 0 Å². The van der Waals surface area contributed by atoms with Gasteiger partial charge in [-0.2, -0.15) is 28.5 Å². The summed E-state index contributed by atoms with van der Waals surface area (Å²) in [5, 5.41) is 14.8. The summed E-state index contributed by atoms with van der Waals surface area (Å²) >= 11 is 0. The van der Waals surface area contributed by atoms with Crippen LogP contribution >= 0.6 is 0 Å². The summed E-state index contributed by atoms with van der Waals surface area (Å²) < 4.78 is 43.9. The summed E-state index contributed by atoms with van der Waals surface area (Å²) in [6, 6.07) is 0.862. The van der Waals surface area contributed by atoms with Crippen LogP contribution < -0.4 is 16.0 Å². The zero-order chi connectivity index (χ0) is 24.4. The molecule has 5 rings (SSSR count). The molecular formula is C20H19F3N10O. The Morgan fingerprint density at radius 3 is 2.53 bits per heavy atom. The highest BCUT2D eigenvalue weighted by Crippen LogP contribution is 2.50. The molecule has 3 N–H and O–H groups in total. The maximum atomic E-state index is 14.3. The van der Waals surface area contributed by atoms with E-state index in [9.17, 15) is 18.0 Å². The molecule has 2 amide bonds. The third kappa shape index (κ3) is 3.05. The third-order valence-corrected chi connectivity index (χ3v) is 5.91. The van der Waals surface area contributed by atoms with Crippen LogP contribution in [-0.2, 0) is 5.41 Å². The fourth-order valence-corrected chi connectivity index (χ4v) is 4.06. The molecule has 0 aliphatic carbocycles. The number of nitrogens with one attached hydrogen (secondary N) is 1. The van der Waals surface area contributed by atoms with E-state index in [1.54, 1.807) is 19.9 Å². The number of anilines is 3. The van der Waals surface area contributed by atoms with Crippen molar-refractivity contribution in [3.63, 3.8) is 0 Å². The van der Waals surface area contributed by atoms with Gasteiger partial charge in [0.25, 0.3) is 0 Å². The first kappa shape index (κ1) is 21.6. The lowest BCUT2D eigenvalue weighted by Gasteiger charge is -2.28. The van der Waals surface area contributed by atoms with Crippen LogP contribution in [0.25, 0.3) is 11.5 Å². The van der Waals surface area contributed by atoms with Crippen LogP contribution in [0.4, 0.5) is 35.0 Å². The van der Waals surface area contributed by atoms with Crippen molar-refractivity contribution < 1.29 is 18.0 Å². The molecule has 0 aromatic carbocycles. The van der Waals surface area contributed by atoms with Gasteiger partial charge in [-0.3, -0.25) is 4.90 Å². The van der Waals surface area contributed by atoms with Gasteiger partial charge in [0, 0.05) is 6.54 Å². The Kier molecular flexibility index (Phi) is 4.53. The number of aryl methyl sites for hydroxylation is 2. The number of rotatable bonds is 2. The van der Waals surface area contributed by atoms with Gasteiger partial charge in [-0.05, 0) is 32.4 Å². The molecule has 1 atom stereocenters. The number of nitrogens with two attached hydrogens (primary N) is 1. The number of pyridine rings is 1. The minimum absolute atomic E-state index is 0.00522. The first-order valence-electron chi connectivity index (χ1n) is 10.1. The van der Waals surface area contributed by atoms with Crippen molar-refractivity contribution in [1.82, 2.24) is 34.6 Å². The van der Waals surface area contributed by atoms with Gasteiger partial charge in [-0.1, -0.05) is 0 Å². The normalized spacial score (nSPS) is 17.9. The molecule has 14 heteroatoms. The fraction of sp³-hybridized carbons (Fsp3) is 0.300. The number of urea groups is 1. The van der Waals surface area contributed by atoms with Crippen LogP contribution in [0.2, 0.25) is 0 Å². The number of hydrogen-bond acceptors (Lipinski definition) is 7. The molecule has 0 saturated heterocycles. The standard InChI is InChI=1S/C20H19F3N10O/c1-10-6-12(7-25-16(10)33-27-4-5-28-33)29-18(34)31-9-19(3,20(21,22)23)15-13(31)8-26-17-14(24)11(2)30-32(15)17/h4-8H,9,24H2,1-3H3,(H,29,34)/t19-/m1/s1. The zero-order valence-electron chi connectivity index (χ0n) is 18.3. The third-order valence-electron chi connectivity index (χ3n) is 5.91. The molecule has 0 unspecified atom stereocenters. The average molecular weight is 472 g/mol. The number of alkyl halides is 3. The molecule has 0 saturated carbocycles. The summed E-state index contributed by atoms with van der Waals surface area (Å²) in [6.07, 6.45) is 0.922. The molecule has 4 aromatic heterocycles. The second-order valence-electron chi connectivity index (χ2n) is 8.26. The van der Waals surface area contributed by atoms with E-state index >= 15 is 0 Å². The van der Waals surface area contributed by atoms with Crippen molar-refractivity contribution in [2.45, 2.75) is 32.4 Å². The van der Waals surface area contributed by atoms with Crippen molar-refractivity contribution in [3.8, 4) is 5.82 Å². The minimum Gasteiger partial charge on any atom is -0.394 e. The average Bonchev–Trinajstić information content (AvgIpc) is 3.46. The Balaban J connectivity index is 1.53. The largest absolute Gasteiger partial charge is 0.401 e. The number of aromatic nitrogens is 7. The van der Waals surface area contributed by atoms with E-state index in [0.717, 1.165) is 16.3 Å². The van der Waals surface area contributed by atoms with Crippen LogP contribution in [0.15, 0.2) is 30.9 Å². The number of nitrogens with zero attached hydrogens (tertiary/aromatic N) is 8. The zero-order valence-corrected chi connectivity index (χ0v) is 18.3. The van der Waals surface area contributed by atoms with E-state index in [1.165, 1.54) is 29.6 Å². The second kappa shape index (κ2) is 7.13. The summed E-state index contributed by atoms with van der Waals surface area (Å²) in [4.78, 5) is 23.9. The predicted octanol–water partition coefficient (Wildman–Crippen LogP) is 2.78. The summed E-state index contributed by atoms with van der Waals surface area (Å²) in [6.45, 7) is 3.71. The van der Waals surface area contributed by atoms with Crippen molar-refractivity contribution in [3.05, 3.63) is 47.8 Å². The quantitative estimate of drug-likeness (QED) is 0.458. The highest BCUT2D eigenvalue weighted by molar-refractivity contribution is 6.03. The summed E-state index contributed by atoms with van der Waals surface area (Å²) in [5.74, 6) is 0.456. The van der Waals surface area contributed by atoms with Crippen LogP contribution in [0.1, 0.15) is 23.9 Å². The molecule has 0 radical (unpaired) electrons. The summed E-state index contributed by atoms with van der Waals surface area (Å²) in [7, 11) is 0. The monoisotopic (exact) mass is 472 g/mol. The van der Waals surface area contributed by atoms with Crippen molar-refractivity contribution in [2.24, 2.45) is 0 Å². The van der Waals surface area contributed by atoms with Gasteiger partial charge in [-0.25, -0.2) is 19.3 Å². The Morgan fingerprint density at radius 2 is 1.88 bits per heavy atom. The first-order valence-corrected chi connectivity index (χ1v) is 10.1. The lowest BCUT2D eigenvalue weighted by molar-refractivity contribution is -0.181. The number of fused-ring (bicyclic) bond motifs is 3. The fourth-order valence-electron chi connectivity index (χ4n) is 4.06. The Bertz CT molecular complexity index is 1430. The lowest BCUT2D eigenvalue weighted by atomic mass is 9.87. The molecule has 0 bridgehead atoms. The van der Waals surface area contributed by atoms with Crippen molar-refractivity contribution >= 4 is 28.7 Å². The van der Waals surface area contributed by atoms with Crippen molar-refractivity contribution in [1.29, 1.82) is 0 Å². The molecular weight excluding hydrogens is 453 g/mol. The van der Waals surface area contributed by atoms with Gasteiger partial charge in [0.2, 0.25) is 0 Å². The van der Waals surface area contributed by atoms with Crippen molar-refractivity contribution in [2.75, 3.05) is 22.5 Å². The molecule has 11 nitrogen and oxygen atoms in total. The molecule has 0 spiro atoms. The number of halogens is 3. The molecule has 0 fully saturated rings. The Hall–Kier alpha value is -4.23. The molecule has 34 heavy (non-hydrogen) atoms. The van der Waals surface area contributed by atoms with Crippen LogP contribution in [0.3, 0.4) is 0 Å². The van der Waals surface area contributed by atoms with E-state index in [-0.39, 0.29) is 22.7 Å².